The van der Waals surface area contributed by atoms with Crippen LogP contribution in [-0.2, 0) is 6.18 Å². The number of hydrogen-bond acceptors (Lipinski definition) is 3. The van der Waals surface area contributed by atoms with E-state index in [1.54, 1.807) is 11.9 Å². The second-order valence-electron chi connectivity index (χ2n) is 4.85. The molecule has 0 fully saturated rings. The summed E-state index contributed by atoms with van der Waals surface area (Å²) in [5.74, 6) is 0. The Morgan fingerprint density at radius 2 is 1.74 bits per heavy atom. The molecule has 3 nitrogen and oxygen atoms in total. The summed E-state index contributed by atoms with van der Waals surface area (Å²) in [4.78, 5) is 3.79. The summed E-state index contributed by atoms with van der Waals surface area (Å²) in [7, 11) is 5.67. The van der Waals surface area contributed by atoms with Crippen molar-refractivity contribution in [3.63, 3.8) is 0 Å². The topological polar surface area (TPSA) is 32.5 Å². The maximum atomic E-state index is 12.7. The first kappa shape index (κ1) is 15.6. The van der Waals surface area contributed by atoms with Gasteiger partial charge in [-0.05, 0) is 45.3 Å². The Labute approximate surface area is 111 Å². The van der Waals surface area contributed by atoms with Gasteiger partial charge in [0.25, 0.3) is 0 Å². The molecule has 0 amide bonds. The van der Waals surface area contributed by atoms with E-state index < -0.39 is 11.7 Å². The molecular weight excluding hydrogens is 255 g/mol. The van der Waals surface area contributed by atoms with E-state index in [4.69, 9.17) is 5.73 Å². The van der Waals surface area contributed by atoms with Crippen LogP contribution >= 0.6 is 0 Å². The molecule has 0 spiro atoms. The van der Waals surface area contributed by atoms with E-state index in [0.717, 1.165) is 25.1 Å². The summed E-state index contributed by atoms with van der Waals surface area (Å²) >= 11 is 0. The third-order valence-corrected chi connectivity index (χ3v) is 2.87. The number of rotatable bonds is 5. The number of alkyl halides is 3. The third-order valence-electron chi connectivity index (χ3n) is 2.87. The van der Waals surface area contributed by atoms with Gasteiger partial charge in [-0.2, -0.15) is 13.2 Å². The van der Waals surface area contributed by atoms with E-state index in [-0.39, 0.29) is 0 Å². The van der Waals surface area contributed by atoms with Gasteiger partial charge in [-0.3, -0.25) is 0 Å². The monoisotopic (exact) mass is 275 g/mol. The van der Waals surface area contributed by atoms with E-state index in [0.29, 0.717) is 17.9 Å². The van der Waals surface area contributed by atoms with E-state index in [9.17, 15) is 13.2 Å². The SMILES string of the molecule is CN(C)CCCN(C)c1cc(C(F)(F)F)ccc1N. The molecule has 0 aliphatic heterocycles. The van der Waals surface area contributed by atoms with Crippen molar-refractivity contribution in [3.8, 4) is 0 Å². The fourth-order valence-electron chi connectivity index (χ4n) is 1.80. The van der Waals surface area contributed by atoms with Crippen LogP contribution in [0.15, 0.2) is 18.2 Å². The molecule has 0 bridgehead atoms. The summed E-state index contributed by atoms with van der Waals surface area (Å²) in [5, 5.41) is 0. The predicted octanol–water partition coefficient (Wildman–Crippen LogP) is 2.68. The van der Waals surface area contributed by atoms with Gasteiger partial charge in [-0.15, -0.1) is 0 Å². The zero-order chi connectivity index (χ0) is 14.6. The maximum absolute atomic E-state index is 12.7. The summed E-state index contributed by atoms with van der Waals surface area (Å²) < 4.78 is 38.0. The van der Waals surface area contributed by atoms with Gasteiger partial charge in [0, 0.05) is 13.6 Å². The molecule has 1 aromatic rings. The molecule has 0 aromatic heterocycles. The molecule has 19 heavy (non-hydrogen) atoms. The molecule has 108 valence electrons. The lowest BCUT2D eigenvalue weighted by Gasteiger charge is -2.23. The van der Waals surface area contributed by atoms with Crippen molar-refractivity contribution >= 4 is 11.4 Å². The molecule has 1 rings (SSSR count). The van der Waals surface area contributed by atoms with Gasteiger partial charge in [0.15, 0.2) is 0 Å². The molecular formula is C13H20F3N3. The fourth-order valence-corrected chi connectivity index (χ4v) is 1.80. The number of benzene rings is 1. The number of hydrogen-bond donors (Lipinski definition) is 1. The van der Waals surface area contributed by atoms with Crippen molar-refractivity contribution in [1.29, 1.82) is 0 Å². The van der Waals surface area contributed by atoms with E-state index in [2.05, 4.69) is 0 Å². The van der Waals surface area contributed by atoms with Gasteiger partial charge >= 0.3 is 6.18 Å². The van der Waals surface area contributed by atoms with Gasteiger partial charge in [-0.1, -0.05) is 0 Å². The molecule has 2 N–H and O–H groups in total. The van der Waals surface area contributed by atoms with Crippen molar-refractivity contribution in [2.24, 2.45) is 0 Å². The number of nitrogens with zero attached hydrogens (tertiary/aromatic N) is 2. The van der Waals surface area contributed by atoms with Crippen molar-refractivity contribution in [3.05, 3.63) is 23.8 Å². The zero-order valence-corrected chi connectivity index (χ0v) is 11.5. The molecule has 6 heteroatoms. The lowest BCUT2D eigenvalue weighted by Crippen LogP contribution is -2.24. The normalized spacial score (nSPS) is 11.9. The highest BCUT2D eigenvalue weighted by molar-refractivity contribution is 5.68. The summed E-state index contributed by atoms with van der Waals surface area (Å²) in [6.07, 6.45) is -3.48. The van der Waals surface area contributed by atoms with Crippen LogP contribution in [0.1, 0.15) is 12.0 Å². The van der Waals surface area contributed by atoms with Gasteiger partial charge in [0.05, 0.1) is 16.9 Å². The van der Waals surface area contributed by atoms with Gasteiger partial charge in [0.2, 0.25) is 0 Å². The Balaban J connectivity index is 2.81. The minimum Gasteiger partial charge on any atom is -0.397 e. The Morgan fingerprint density at radius 1 is 1.11 bits per heavy atom. The molecule has 0 saturated carbocycles. The van der Waals surface area contributed by atoms with Crippen LogP contribution in [0.25, 0.3) is 0 Å². The Kier molecular flexibility index (Phi) is 5.05. The Morgan fingerprint density at radius 3 is 2.26 bits per heavy atom. The number of nitrogens with two attached hydrogens (primary N) is 1. The third kappa shape index (κ3) is 4.63. The first-order valence-corrected chi connectivity index (χ1v) is 6.04. The average molecular weight is 275 g/mol. The van der Waals surface area contributed by atoms with E-state index in [1.165, 1.54) is 6.07 Å². The molecule has 0 aliphatic carbocycles. The molecule has 0 heterocycles. The number of nitrogen functional groups attached to an aromatic ring is 1. The van der Waals surface area contributed by atoms with E-state index >= 15 is 0 Å². The van der Waals surface area contributed by atoms with Crippen LogP contribution in [0, 0.1) is 0 Å². The largest absolute Gasteiger partial charge is 0.416 e. The fraction of sp³-hybridized carbons (Fsp3) is 0.538. The van der Waals surface area contributed by atoms with Crippen molar-refractivity contribution in [2.45, 2.75) is 12.6 Å². The van der Waals surface area contributed by atoms with Crippen LogP contribution < -0.4 is 10.6 Å². The second-order valence-corrected chi connectivity index (χ2v) is 4.85. The molecule has 0 radical (unpaired) electrons. The highest BCUT2D eigenvalue weighted by Gasteiger charge is 2.31. The minimum absolute atomic E-state index is 0.361. The van der Waals surface area contributed by atoms with Crippen LogP contribution in [0.4, 0.5) is 24.5 Å². The van der Waals surface area contributed by atoms with Crippen LogP contribution in [0.5, 0.6) is 0 Å². The highest BCUT2D eigenvalue weighted by atomic mass is 19.4. The Hall–Kier alpha value is -1.43. The molecule has 0 saturated heterocycles. The van der Waals surface area contributed by atoms with Crippen molar-refractivity contribution in [1.82, 2.24) is 4.90 Å². The number of anilines is 2. The van der Waals surface area contributed by atoms with Crippen LogP contribution in [0.3, 0.4) is 0 Å². The lowest BCUT2D eigenvalue weighted by molar-refractivity contribution is -0.137. The van der Waals surface area contributed by atoms with Gasteiger partial charge < -0.3 is 15.5 Å². The van der Waals surface area contributed by atoms with E-state index in [1.807, 2.05) is 19.0 Å². The molecule has 0 atom stereocenters. The quantitative estimate of drug-likeness (QED) is 0.839. The molecule has 0 unspecified atom stereocenters. The molecule has 1 aromatic carbocycles. The predicted molar refractivity (Wildman–Crippen MR) is 72.3 cm³/mol. The summed E-state index contributed by atoms with van der Waals surface area (Å²) in [6.45, 7) is 1.53. The summed E-state index contributed by atoms with van der Waals surface area (Å²) in [6, 6.07) is 3.41. The molecule has 0 aliphatic rings. The Bertz CT molecular complexity index is 416. The maximum Gasteiger partial charge on any atom is 0.416 e. The average Bonchev–Trinajstić information content (AvgIpc) is 2.27. The van der Waals surface area contributed by atoms with Gasteiger partial charge in [0.1, 0.15) is 0 Å². The summed E-state index contributed by atoms with van der Waals surface area (Å²) in [5.41, 5.74) is 5.86. The standard InChI is InChI=1S/C13H20F3N3/c1-18(2)7-4-8-19(3)12-9-10(13(14,15)16)5-6-11(12)17/h5-6,9H,4,7-8,17H2,1-3H3. The van der Waals surface area contributed by atoms with Crippen LogP contribution in [0.2, 0.25) is 0 Å². The first-order valence-electron chi connectivity index (χ1n) is 6.04. The lowest BCUT2D eigenvalue weighted by atomic mass is 10.1. The van der Waals surface area contributed by atoms with Gasteiger partial charge in [-0.25, -0.2) is 0 Å². The first-order chi connectivity index (χ1) is 8.71. The smallest absolute Gasteiger partial charge is 0.397 e. The van der Waals surface area contributed by atoms with Crippen molar-refractivity contribution < 1.29 is 13.2 Å². The number of halogens is 3. The second kappa shape index (κ2) is 6.14. The minimum atomic E-state index is -4.34. The highest BCUT2D eigenvalue weighted by Crippen LogP contribution is 2.34. The zero-order valence-electron chi connectivity index (χ0n) is 11.5. The van der Waals surface area contributed by atoms with Crippen LogP contribution in [-0.4, -0.2) is 39.1 Å². The van der Waals surface area contributed by atoms with Crippen molar-refractivity contribution in [2.75, 3.05) is 44.9 Å².